The molecule has 0 saturated carbocycles. The monoisotopic (exact) mass is 444 g/mol. The van der Waals surface area contributed by atoms with E-state index in [0.717, 1.165) is 0 Å². The third-order valence-corrected chi connectivity index (χ3v) is 4.96. The quantitative estimate of drug-likeness (QED) is 0.424. The van der Waals surface area contributed by atoms with Crippen LogP contribution < -0.4 is 16.2 Å². The van der Waals surface area contributed by atoms with E-state index in [2.05, 4.69) is 20.6 Å². The van der Waals surface area contributed by atoms with E-state index in [-0.39, 0.29) is 23.1 Å². The molecule has 2 heterocycles. The summed E-state index contributed by atoms with van der Waals surface area (Å²) in [5.41, 5.74) is 1.67. The highest BCUT2D eigenvalue weighted by Gasteiger charge is 2.15. The van der Waals surface area contributed by atoms with Crippen molar-refractivity contribution < 1.29 is 4.79 Å². The lowest BCUT2D eigenvalue weighted by Crippen LogP contribution is -2.17. The Morgan fingerprint density at radius 2 is 1.91 bits per heavy atom. The van der Waals surface area contributed by atoms with Gasteiger partial charge >= 0.3 is 0 Å². The van der Waals surface area contributed by atoms with Gasteiger partial charge in [0.25, 0.3) is 11.5 Å². The highest BCUT2D eigenvalue weighted by atomic mass is 35.5. The summed E-state index contributed by atoms with van der Waals surface area (Å²) in [6.07, 6.45) is 1.78. The zero-order valence-electron chi connectivity index (χ0n) is 16.9. The van der Waals surface area contributed by atoms with Crippen molar-refractivity contribution in [3.05, 3.63) is 93.5 Å². The van der Waals surface area contributed by atoms with Crippen LogP contribution in [-0.4, -0.2) is 20.4 Å². The van der Waals surface area contributed by atoms with Gasteiger partial charge in [-0.25, -0.2) is 4.98 Å². The summed E-state index contributed by atoms with van der Waals surface area (Å²) in [6, 6.07) is 19.1. The summed E-state index contributed by atoms with van der Waals surface area (Å²) in [7, 11) is 1.78. The minimum atomic E-state index is -0.577. The Morgan fingerprint density at radius 1 is 1.12 bits per heavy atom. The molecular weight excluding hydrogens is 428 g/mol. The molecule has 2 aromatic carbocycles. The van der Waals surface area contributed by atoms with Crippen molar-refractivity contribution in [1.29, 1.82) is 5.26 Å². The van der Waals surface area contributed by atoms with E-state index in [9.17, 15) is 14.9 Å². The number of H-pyrrole nitrogens is 1. The Bertz CT molecular complexity index is 1400. The van der Waals surface area contributed by atoms with Crippen molar-refractivity contribution in [1.82, 2.24) is 14.5 Å². The molecule has 0 radical (unpaired) electrons. The molecule has 0 saturated heterocycles. The van der Waals surface area contributed by atoms with Crippen molar-refractivity contribution in [2.24, 2.45) is 7.05 Å². The van der Waals surface area contributed by atoms with E-state index < -0.39 is 5.56 Å². The number of hydrogen-bond donors (Lipinski definition) is 3. The molecule has 0 aliphatic rings. The molecule has 4 rings (SSSR count). The first kappa shape index (κ1) is 20.9. The smallest absolute Gasteiger partial charge is 0.272 e. The van der Waals surface area contributed by atoms with Crippen LogP contribution in [0, 0.1) is 11.3 Å². The lowest BCUT2D eigenvalue weighted by atomic mass is 10.1. The number of anilines is 3. The molecule has 2 aromatic heterocycles. The van der Waals surface area contributed by atoms with Crippen LogP contribution in [0.4, 0.5) is 17.3 Å². The highest BCUT2D eigenvalue weighted by molar-refractivity contribution is 6.30. The number of nitrogens with one attached hydrogen (secondary N) is 3. The minimum Gasteiger partial charge on any atom is -0.347 e. The van der Waals surface area contributed by atoms with Gasteiger partial charge in [-0.15, -0.1) is 0 Å². The number of carbonyl (C=O) groups is 1. The maximum absolute atomic E-state index is 12.5. The van der Waals surface area contributed by atoms with Gasteiger partial charge in [0, 0.05) is 35.2 Å². The molecule has 0 bridgehead atoms. The summed E-state index contributed by atoms with van der Waals surface area (Å²) in [5, 5.41) is 15.9. The van der Waals surface area contributed by atoms with Gasteiger partial charge in [0.15, 0.2) is 0 Å². The van der Waals surface area contributed by atoms with Crippen molar-refractivity contribution in [3.63, 3.8) is 0 Å². The number of carbonyl (C=O) groups excluding carboxylic acids is 1. The largest absolute Gasteiger partial charge is 0.347 e. The maximum atomic E-state index is 12.5. The van der Waals surface area contributed by atoms with Crippen LogP contribution in [-0.2, 0) is 7.05 Å². The first-order chi connectivity index (χ1) is 15.4. The molecule has 4 aromatic rings. The Labute approximate surface area is 188 Å². The number of halogens is 1. The molecule has 32 heavy (non-hydrogen) atoms. The molecule has 3 N–H and O–H groups in total. The number of rotatable bonds is 5. The molecular formula is C23H17ClN6O2. The third kappa shape index (κ3) is 4.38. The van der Waals surface area contributed by atoms with E-state index in [1.807, 2.05) is 6.07 Å². The number of aryl methyl sites for hydroxylation is 1. The predicted molar refractivity (Wildman–Crippen MR) is 123 cm³/mol. The van der Waals surface area contributed by atoms with Gasteiger partial charge < -0.3 is 15.2 Å². The second kappa shape index (κ2) is 8.79. The summed E-state index contributed by atoms with van der Waals surface area (Å²) in [5.74, 6) is -0.108. The van der Waals surface area contributed by atoms with E-state index >= 15 is 0 Å². The fraction of sp³-hybridized carbons (Fsp3) is 0.0435. The average molecular weight is 445 g/mol. The zero-order chi connectivity index (χ0) is 22.7. The van der Waals surface area contributed by atoms with Crippen molar-refractivity contribution in [2.75, 3.05) is 10.6 Å². The number of hydrogen-bond acceptors (Lipinski definition) is 5. The number of aromatic nitrogens is 3. The van der Waals surface area contributed by atoms with Gasteiger partial charge in [0.1, 0.15) is 17.3 Å². The van der Waals surface area contributed by atoms with Gasteiger partial charge in [-0.05, 0) is 48.5 Å². The van der Waals surface area contributed by atoms with Gasteiger partial charge in [-0.1, -0.05) is 23.7 Å². The van der Waals surface area contributed by atoms with Crippen LogP contribution in [0.3, 0.4) is 0 Å². The molecule has 8 nitrogen and oxygen atoms in total. The lowest BCUT2D eigenvalue weighted by molar-refractivity contribution is 0.101. The van der Waals surface area contributed by atoms with E-state index in [1.165, 1.54) is 0 Å². The predicted octanol–water partition coefficient (Wildman–Crippen LogP) is 4.30. The fourth-order valence-corrected chi connectivity index (χ4v) is 3.28. The summed E-state index contributed by atoms with van der Waals surface area (Å²) in [6.45, 7) is 0. The van der Waals surface area contributed by atoms with Crippen molar-refractivity contribution in [3.8, 4) is 17.3 Å². The molecule has 0 spiro atoms. The van der Waals surface area contributed by atoms with Crippen LogP contribution in [0.1, 0.15) is 16.1 Å². The van der Waals surface area contributed by atoms with Crippen LogP contribution in [0.2, 0.25) is 5.02 Å². The van der Waals surface area contributed by atoms with Crippen LogP contribution in [0.25, 0.3) is 11.3 Å². The molecule has 0 aliphatic heterocycles. The first-order valence-electron chi connectivity index (χ1n) is 9.55. The SMILES string of the molecule is Cn1cccc1C(=O)Nc1cccc(-c2nc(Nc3ccc(Cl)cc3)[nH]c(=O)c2C#N)c1. The molecule has 9 heteroatoms. The molecule has 0 unspecified atom stereocenters. The number of aromatic amines is 1. The van der Waals surface area contributed by atoms with Crippen molar-refractivity contribution >= 4 is 34.8 Å². The van der Waals surface area contributed by atoms with E-state index in [4.69, 9.17) is 11.6 Å². The van der Waals surface area contributed by atoms with Gasteiger partial charge in [0.2, 0.25) is 5.95 Å². The molecule has 0 fully saturated rings. The number of nitriles is 1. The van der Waals surface area contributed by atoms with Gasteiger partial charge in [-0.2, -0.15) is 5.26 Å². The summed E-state index contributed by atoms with van der Waals surface area (Å²) >= 11 is 5.91. The molecule has 158 valence electrons. The summed E-state index contributed by atoms with van der Waals surface area (Å²) in [4.78, 5) is 32.0. The van der Waals surface area contributed by atoms with E-state index in [0.29, 0.717) is 27.7 Å². The van der Waals surface area contributed by atoms with Gasteiger partial charge in [0.05, 0.1) is 5.69 Å². The highest BCUT2D eigenvalue weighted by Crippen LogP contribution is 2.25. The van der Waals surface area contributed by atoms with Crippen LogP contribution >= 0.6 is 11.6 Å². The molecule has 0 aliphatic carbocycles. The minimum absolute atomic E-state index is 0.127. The number of benzene rings is 2. The van der Waals surface area contributed by atoms with Crippen molar-refractivity contribution in [2.45, 2.75) is 0 Å². The Hall–Kier alpha value is -4.35. The standard InChI is InChI=1S/C23H17ClN6O2/c1-30-11-3-6-19(30)22(32)26-17-5-2-4-14(12-17)20-18(13-25)21(31)29-23(28-20)27-16-9-7-15(24)8-10-16/h2-12H,1H3,(H,26,32)(H2,27,28,29,31). The second-order valence-corrected chi connectivity index (χ2v) is 7.36. The molecule has 1 amide bonds. The first-order valence-corrected chi connectivity index (χ1v) is 9.92. The third-order valence-electron chi connectivity index (χ3n) is 4.71. The van der Waals surface area contributed by atoms with Crippen LogP contribution in [0.15, 0.2) is 71.7 Å². The zero-order valence-corrected chi connectivity index (χ0v) is 17.6. The number of nitrogens with zero attached hydrogens (tertiary/aromatic N) is 3. The maximum Gasteiger partial charge on any atom is 0.272 e. The van der Waals surface area contributed by atoms with Gasteiger partial charge in [-0.3, -0.25) is 14.6 Å². The average Bonchev–Trinajstić information content (AvgIpc) is 3.21. The van der Waals surface area contributed by atoms with Crippen LogP contribution in [0.5, 0.6) is 0 Å². The number of amides is 1. The second-order valence-electron chi connectivity index (χ2n) is 6.92. The Morgan fingerprint density at radius 3 is 2.59 bits per heavy atom. The van der Waals surface area contributed by atoms with E-state index in [1.54, 1.807) is 78.5 Å². The molecule has 0 atom stereocenters. The normalized spacial score (nSPS) is 10.4. The topological polar surface area (TPSA) is 116 Å². The Kier molecular flexibility index (Phi) is 5.75. The summed E-state index contributed by atoms with van der Waals surface area (Å²) < 4.78 is 1.71. The lowest BCUT2D eigenvalue weighted by Gasteiger charge is -2.11. The Balaban J connectivity index is 1.68. The fourth-order valence-electron chi connectivity index (χ4n) is 3.15.